The molecule has 1 aliphatic rings. The number of benzene rings is 1. The van der Waals surface area contributed by atoms with Crippen LogP contribution in [0.15, 0.2) is 18.2 Å². The van der Waals surface area contributed by atoms with Crippen molar-refractivity contribution in [1.29, 1.82) is 0 Å². The summed E-state index contributed by atoms with van der Waals surface area (Å²) in [5, 5.41) is 3.58. The summed E-state index contributed by atoms with van der Waals surface area (Å²) in [6, 6.07) is 5.92. The zero-order valence-corrected chi connectivity index (χ0v) is 10.8. The highest BCUT2D eigenvalue weighted by atomic mass is 19.1. The minimum atomic E-state index is -0.129. The first-order valence-corrected chi connectivity index (χ1v) is 6.67. The van der Waals surface area contributed by atoms with Gasteiger partial charge >= 0.3 is 0 Å². The van der Waals surface area contributed by atoms with Crippen LogP contribution in [0.2, 0.25) is 0 Å². The monoisotopic (exact) mass is 235 g/mol. The SMILES string of the molecule is CCC(CNC1CC1)Cc1ccc(F)cc1C. The maximum atomic E-state index is 13.0. The van der Waals surface area contributed by atoms with Crippen LogP contribution in [0.5, 0.6) is 0 Å². The summed E-state index contributed by atoms with van der Waals surface area (Å²) in [6.07, 6.45) is 4.91. The van der Waals surface area contributed by atoms with Crippen molar-refractivity contribution < 1.29 is 4.39 Å². The van der Waals surface area contributed by atoms with Crippen LogP contribution < -0.4 is 5.32 Å². The Bertz CT molecular complexity index is 371. The second-order valence-corrected chi connectivity index (χ2v) is 5.23. The molecule has 0 aromatic heterocycles. The average molecular weight is 235 g/mol. The van der Waals surface area contributed by atoms with Crippen LogP contribution in [0.25, 0.3) is 0 Å². The lowest BCUT2D eigenvalue weighted by atomic mass is 9.94. The third-order valence-electron chi connectivity index (χ3n) is 3.66. The first-order chi connectivity index (χ1) is 8.19. The van der Waals surface area contributed by atoms with Gasteiger partial charge in [-0.25, -0.2) is 4.39 Å². The van der Waals surface area contributed by atoms with E-state index in [0.717, 1.165) is 24.6 Å². The van der Waals surface area contributed by atoms with Gasteiger partial charge in [-0.2, -0.15) is 0 Å². The van der Waals surface area contributed by atoms with Crippen molar-refractivity contribution >= 4 is 0 Å². The molecule has 0 aliphatic heterocycles. The van der Waals surface area contributed by atoms with E-state index in [9.17, 15) is 4.39 Å². The molecule has 1 aromatic rings. The van der Waals surface area contributed by atoms with Crippen molar-refractivity contribution in [2.75, 3.05) is 6.54 Å². The summed E-state index contributed by atoms with van der Waals surface area (Å²) in [6.45, 7) is 5.33. The summed E-state index contributed by atoms with van der Waals surface area (Å²) >= 11 is 0. The molecule has 0 saturated heterocycles. The summed E-state index contributed by atoms with van der Waals surface area (Å²) in [7, 11) is 0. The molecule has 0 heterocycles. The molecule has 0 amide bonds. The van der Waals surface area contributed by atoms with Crippen molar-refractivity contribution in [3.8, 4) is 0 Å². The van der Waals surface area contributed by atoms with Gasteiger partial charge in [-0.1, -0.05) is 19.4 Å². The van der Waals surface area contributed by atoms with Gasteiger partial charge in [-0.3, -0.25) is 0 Å². The lowest BCUT2D eigenvalue weighted by molar-refractivity contribution is 0.457. The van der Waals surface area contributed by atoms with Gasteiger partial charge in [0.05, 0.1) is 0 Å². The quantitative estimate of drug-likeness (QED) is 0.796. The molecule has 2 rings (SSSR count). The maximum Gasteiger partial charge on any atom is 0.123 e. The average Bonchev–Trinajstić information content (AvgIpc) is 3.11. The number of halogens is 1. The third-order valence-corrected chi connectivity index (χ3v) is 3.66. The Morgan fingerprint density at radius 2 is 2.18 bits per heavy atom. The van der Waals surface area contributed by atoms with Crippen LogP contribution in [0.4, 0.5) is 4.39 Å². The normalized spacial score (nSPS) is 17.1. The molecule has 0 spiro atoms. The molecule has 1 atom stereocenters. The molecule has 94 valence electrons. The van der Waals surface area contributed by atoms with E-state index in [1.165, 1.54) is 24.8 Å². The van der Waals surface area contributed by atoms with E-state index in [2.05, 4.69) is 12.2 Å². The Morgan fingerprint density at radius 3 is 2.76 bits per heavy atom. The second kappa shape index (κ2) is 5.63. The molecule has 1 aliphatic carbocycles. The van der Waals surface area contributed by atoms with Crippen molar-refractivity contribution in [3.05, 3.63) is 35.1 Å². The molecule has 1 N–H and O–H groups in total. The number of aryl methyl sites for hydroxylation is 1. The van der Waals surface area contributed by atoms with Crippen LogP contribution in [-0.4, -0.2) is 12.6 Å². The molecule has 1 nitrogen and oxygen atoms in total. The van der Waals surface area contributed by atoms with Crippen LogP contribution >= 0.6 is 0 Å². The fourth-order valence-electron chi connectivity index (χ4n) is 2.18. The van der Waals surface area contributed by atoms with Crippen molar-refractivity contribution in [2.24, 2.45) is 5.92 Å². The van der Waals surface area contributed by atoms with Gasteiger partial charge in [-0.05, 0) is 61.9 Å². The fraction of sp³-hybridized carbons (Fsp3) is 0.600. The van der Waals surface area contributed by atoms with Gasteiger partial charge in [0.1, 0.15) is 5.82 Å². The number of rotatable bonds is 6. The van der Waals surface area contributed by atoms with Gasteiger partial charge in [0, 0.05) is 6.04 Å². The minimum Gasteiger partial charge on any atom is -0.314 e. The van der Waals surface area contributed by atoms with Crippen LogP contribution in [0, 0.1) is 18.7 Å². The highest BCUT2D eigenvalue weighted by molar-refractivity contribution is 5.27. The molecule has 1 fully saturated rings. The number of hydrogen-bond acceptors (Lipinski definition) is 1. The lowest BCUT2D eigenvalue weighted by Crippen LogP contribution is -2.25. The predicted octanol–water partition coefficient (Wildman–Crippen LogP) is 3.45. The van der Waals surface area contributed by atoms with E-state index < -0.39 is 0 Å². The second-order valence-electron chi connectivity index (χ2n) is 5.23. The predicted molar refractivity (Wildman–Crippen MR) is 69.6 cm³/mol. The van der Waals surface area contributed by atoms with E-state index in [1.54, 1.807) is 12.1 Å². The molecule has 0 radical (unpaired) electrons. The van der Waals surface area contributed by atoms with E-state index in [4.69, 9.17) is 0 Å². The van der Waals surface area contributed by atoms with E-state index in [1.807, 2.05) is 13.0 Å². The van der Waals surface area contributed by atoms with Gasteiger partial charge < -0.3 is 5.32 Å². The molecule has 17 heavy (non-hydrogen) atoms. The highest BCUT2D eigenvalue weighted by Gasteiger charge is 2.21. The molecule has 1 unspecified atom stereocenters. The highest BCUT2D eigenvalue weighted by Crippen LogP contribution is 2.21. The van der Waals surface area contributed by atoms with Crippen molar-refractivity contribution in [3.63, 3.8) is 0 Å². The number of hydrogen-bond donors (Lipinski definition) is 1. The smallest absolute Gasteiger partial charge is 0.123 e. The maximum absolute atomic E-state index is 13.0. The summed E-state index contributed by atoms with van der Waals surface area (Å²) in [5.74, 6) is 0.537. The Morgan fingerprint density at radius 1 is 1.41 bits per heavy atom. The minimum absolute atomic E-state index is 0.129. The first kappa shape index (κ1) is 12.6. The topological polar surface area (TPSA) is 12.0 Å². The Balaban J connectivity index is 1.91. The Hall–Kier alpha value is -0.890. The summed E-state index contributed by atoms with van der Waals surface area (Å²) in [4.78, 5) is 0. The molecule has 1 aromatic carbocycles. The third kappa shape index (κ3) is 3.81. The van der Waals surface area contributed by atoms with Crippen molar-refractivity contribution in [1.82, 2.24) is 5.32 Å². The van der Waals surface area contributed by atoms with E-state index in [-0.39, 0.29) is 5.82 Å². The lowest BCUT2D eigenvalue weighted by Gasteiger charge is -2.17. The van der Waals surface area contributed by atoms with Crippen LogP contribution in [0.1, 0.15) is 37.3 Å². The number of nitrogens with one attached hydrogen (secondary N) is 1. The largest absolute Gasteiger partial charge is 0.314 e. The van der Waals surface area contributed by atoms with Gasteiger partial charge in [0.2, 0.25) is 0 Å². The summed E-state index contributed by atoms with van der Waals surface area (Å²) < 4.78 is 13.0. The molecular weight excluding hydrogens is 213 g/mol. The fourth-order valence-corrected chi connectivity index (χ4v) is 2.18. The van der Waals surface area contributed by atoms with Crippen molar-refractivity contribution in [2.45, 2.75) is 45.6 Å². The summed E-state index contributed by atoms with van der Waals surface area (Å²) in [5.41, 5.74) is 2.37. The van der Waals surface area contributed by atoms with Crippen LogP contribution in [-0.2, 0) is 6.42 Å². The zero-order valence-electron chi connectivity index (χ0n) is 10.8. The molecule has 1 saturated carbocycles. The van der Waals surface area contributed by atoms with Gasteiger partial charge in [-0.15, -0.1) is 0 Å². The zero-order chi connectivity index (χ0) is 12.3. The van der Waals surface area contributed by atoms with Gasteiger partial charge in [0.25, 0.3) is 0 Å². The molecule has 0 bridgehead atoms. The molecule has 2 heteroatoms. The van der Waals surface area contributed by atoms with E-state index in [0.29, 0.717) is 5.92 Å². The Labute approximate surface area is 103 Å². The standard InChI is InChI=1S/C15H22FN/c1-3-12(10-17-15-6-7-15)9-13-4-5-14(16)8-11(13)2/h4-5,8,12,15,17H,3,6-7,9-10H2,1-2H3. The van der Waals surface area contributed by atoms with Crippen LogP contribution in [0.3, 0.4) is 0 Å². The first-order valence-electron chi connectivity index (χ1n) is 6.67. The molecular formula is C15H22FN. The van der Waals surface area contributed by atoms with Gasteiger partial charge in [0.15, 0.2) is 0 Å². The Kier molecular flexibility index (Phi) is 4.16. The van der Waals surface area contributed by atoms with E-state index >= 15 is 0 Å².